The van der Waals surface area contributed by atoms with E-state index >= 15 is 0 Å². The van der Waals surface area contributed by atoms with Crippen LogP contribution in [0.15, 0.2) is 0 Å². The molecule has 1 nitrogen and oxygen atoms in total. The Balaban J connectivity index is 2.30. The molecule has 1 saturated carbocycles. The number of hydrogen-bond donors (Lipinski definition) is 1. The van der Waals surface area contributed by atoms with Crippen LogP contribution in [0, 0.1) is 11.8 Å². The fourth-order valence-electron chi connectivity index (χ4n) is 2.61. The first-order valence-electron chi connectivity index (χ1n) is 5.45. The molecule has 1 aliphatic rings. The van der Waals surface area contributed by atoms with Gasteiger partial charge in [0.2, 0.25) is 0 Å². The molecule has 1 rings (SSSR count). The Morgan fingerprint density at radius 3 is 2.58 bits per heavy atom. The lowest BCUT2D eigenvalue weighted by atomic mass is 9.77. The van der Waals surface area contributed by atoms with Gasteiger partial charge < -0.3 is 5.32 Å². The first-order valence-corrected chi connectivity index (χ1v) is 5.45. The van der Waals surface area contributed by atoms with Gasteiger partial charge in [-0.05, 0) is 38.1 Å². The molecule has 0 spiro atoms. The summed E-state index contributed by atoms with van der Waals surface area (Å²) in [6.45, 7) is 4.69. The van der Waals surface area contributed by atoms with Crippen LogP contribution in [0.5, 0.6) is 0 Å². The summed E-state index contributed by atoms with van der Waals surface area (Å²) in [4.78, 5) is 0. The maximum atomic E-state index is 3.42. The van der Waals surface area contributed by atoms with Crippen LogP contribution >= 0.6 is 0 Å². The maximum Gasteiger partial charge on any atom is 0.00898 e. The minimum atomic E-state index is 0.790. The predicted molar refractivity (Wildman–Crippen MR) is 54.3 cm³/mol. The van der Waals surface area contributed by atoms with Crippen LogP contribution in [0.25, 0.3) is 0 Å². The molecule has 1 aliphatic carbocycles. The number of rotatable bonds is 3. The fourth-order valence-corrected chi connectivity index (χ4v) is 2.61. The molecule has 0 amide bonds. The van der Waals surface area contributed by atoms with Crippen molar-refractivity contribution in [2.45, 2.75) is 52.0 Å². The summed E-state index contributed by atoms with van der Waals surface area (Å²) in [5.74, 6) is 1.91. The molecule has 0 heterocycles. The standard InChI is InChI=1S/C11H23N/c1-4-5-10-6-7-11(12-3)9(2)8-10/h9-12H,4-8H2,1-3H3. The van der Waals surface area contributed by atoms with Crippen LogP contribution in [0.4, 0.5) is 0 Å². The van der Waals surface area contributed by atoms with E-state index in [1.54, 1.807) is 0 Å². The Bertz CT molecular complexity index is 122. The van der Waals surface area contributed by atoms with E-state index in [1.807, 2.05) is 0 Å². The second-order valence-corrected chi connectivity index (χ2v) is 4.34. The molecule has 0 aliphatic heterocycles. The van der Waals surface area contributed by atoms with Crippen LogP contribution < -0.4 is 5.32 Å². The average Bonchev–Trinajstić information content (AvgIpc) is 2.05. The van der Waals surface area contributed by atoms with Crippen LogP contribution in [0.1, 0.15) is 46.0 Å². The molecule has 0 bridgehead atoms. The molecule has 0 saturated heterocycles. The lowest BCUT2D eigenvalue weighted by Crippen LogP contribution is -2.37. The van der Waals surface area contributed by atoms with Crippen molar-refractivity contribution in [2.75, 3.05) is 7.05 Å². The fraction of sp³-hybridized carbons (Fsp3) is 1.00. The molecule has 72 valence electrons. The highest BCUT2D eigenvalue weighted by atomic mass is 14.9. The van der Waals surface area contributed by atoms with Crippen molar-refractivity contribution in [1.29, 1.82) is 0 Å². The van der Waals surface area contributed by atoms with Gasteiger partial charge >= 0.3 is 0 Å². The predicted octanol–water partition coefficient (Wildman–Crippen LogP) is 2.81. The Morgan fingerprint density at radius 2 is 2.08 bits per heavy atom. The monoisotopic (exact) mass is 169 g/mol. The SMILES string of the molecule is CCCC1CCC(NC)C(C)C1. The minimum Gasteiger partial charge on any atom is -0.317 e. The lowest BCUT2D eigenvalue weighted by molar-refractivity contribution is 0.215. The van der Waals surface area contributed by atoms with E-state index < -0.39 is 0 Å². The van der Waals surface area contributed by atoms with Crippen molar-refractivity contribution in [3.8, 4) is 0 Å². The zero-order valence-corrected chi connectivity index (χ0v) is 8.77. The van der Waals surface area contributed by atoms with Gasteiger partial charge in [0.1, 0.15) is 0 Å². The summed E-state index contributed by atoms with van der Waals surface area (Å²) >= 11 is 0. The van der Waals surface area contributed by atoms with Gasteiger partial charge in [-0.1, -0.05) is 26.7 Å². The third-order valence-electron chi connectivity index (χ3n) is 3.35. The summed E-state index contributed by atoms with van der Waals surface area (Å²) in [5, 5.41) is 3.42. The van der Waals surface area contributed by atoms with Gasteiger partial charge in [-0.25, -0.2) is 0 Å². The third kappa shape index (κ3) is 2.48. The van der Waals surface area contributed by atoms with Crippen LogP contribution in [-0.2, 0) is 0 Å². The highest BCUT2D eigenvalue weighted by molar-refractivity contribution is 4.81. The van der Waals surface area contributed by atoms with Gasteiger partial charge in [-0.2, -0.15) is 0 Å². The second kappa shape index (κ2) is 4.86. The first kappa shape index (κ1) is 10.0. The lowest BCUT2D eigenvalue weighted by Gasteiger charge is -2.33. The van der Waals surface area contributed by atoms with Crippen molar-refractivity contribution in [1.82, 2.24) is 5.32 Å². The van der Waals surface area contributed by atoms with Crippen molar-refractivity contribution in [3.63, 3.8) is 0 Å². The smallest absolute Gasteiger partial charge is 0.00898 e. The number of hydrogen-bond acceptors (Lipinski definition) is 1. The van der Waals surface area contributed by atoms with E-state index in [1.165, 1.54) is 32.1 Å². The van der Waals surface area contributed by atoms with E-state index in [-0.39, 0.29) is 0 Å². The maximum absolute atomic E-state index is 3.42. The van der Waals surface area contributed by atoms with Gasteiger partial charge in [0.15, 0.2) is 0 Å². The van der Waals surface area contributed by atoms with Crippen LogP contribution in [-0.4, -0.2) is 13.1 Å². The summed E-state index contributed by atoms with van der Waals surface area (Å²) in [5.41, 5.74) is 0. The van der Waals surface area contributed by atoms with Crippen molar-refractivity contribution in [3.05, 3.63) is 0 Å². The van der Waals surface area contributed by atoms with Gasteiger partial charge in [0.25, 0.3) is 0 Å². The summed E-state index contributed by atoms with van der Waals surface area (Å²) < 4.78 is 0. The topological polar surface area (TPSA) is 12.0 Å². The number of nitrogens with one attached hydrogen (secondary N) is 1. The highest BCUT2D eigenvalue weighted by Gasteiger charge is 2.25. The third-order valence-corrected chi connectivity index (χ3v) is 3.35. The zero-order chi connectivity index (χ0) is 8.97. The quantitative estimate of drug-likeness (QED) is 0.685. The molecule has 0 aromatic carbocycles. The highest BCUT2D eigenvalue weighted by Crippen LogP contribution is 2.31. The van der Waals surface area contributed by atoms with Gasteiger partial charge in [0, 0.05) is 6.04 Å². The van der Waals surface area contributed by atoms with Crippen molar-refractivity contribution in [2.24, 2.45) is 11.8 Å². The molecule has 3 atom stereocenters. The Labute approximate surface area is 76.9 Å². The average molecular weight is 169 g/mol. The van der Waals surface area contributed by atoms with E-state index in [9.17, 15) is 0 Å². The van der Waals surface area contributed by atoms with Crippen LogP contribution in [0.3, 0.4) is 0 Å². The van der Waals surface area contributed by atoms with E-state index in [0.29, 0.717) is 0 Å². The van der Waals surface area contributed by atoms with Crippen LogP contribution in [0.2, 0.25) is 0 Å². The summed E-state index contributed by atoms with van der Waals surface area (Å²) in [6.07, 6.45) is 7.09. The van der Waals surface area contributed by atoms with E-state index in [4.69, 9.17) is 0 Å². The second-order valence-electron chi connectivity index (χ2n) is 4.34. The first-order chi connectivity index (χ1) is 5.77. The molecule has 0 aromatic heterocycles. The Hall–Kier alpha value is -0.0400. The Morgan fingerprint density at radius 1 is 1.33 bits per heavy atom. The van der Waals surface area contributed by atoms with Gasteiger partial charge in [-0.3, -0.25) is 0 Å². The molecule has 1 heteroatoms. The molecular weight excluding hydrogens is 146 g/mol. The Kier molecular flexibility index (Phi) is 4.07. The van der Waals surface area contributed by atoms with Crippen molar-refractivity contribution >= 4 is 0 Å². The van der Waals surface area contributed by atoms with Gasteiger partial charge in [0.05, 0.1) is 0 Å². The van der Waals surface area contributed by atoms with Crippen molar-refractivity contribution < 1.29 is 0 Å². The molecule has 3 unspecified atom stereocenters. The van der Waals surface area contributed by atoms with Gasteiger partial charge in [-0.15, -0.1) is 0 Å². The van der Waals surface area contributed by atoms with E-state index in [2.05, 4.69) is 26.2 Å². The largest absolute Gasteiger partial charge is 0.317 e. The zero-order valence-electron chi connectivity index (χ0n) is 8.77. The minimum absolute atomic E-state index is 0.790. The van der Waals surface area contributed by atoms with E-state index in [0.717, 1.165) is 17.9 Å². The normalized spacial score (nSPS) is 36.8. The summed E-state index contributed by atoms with van der Waals surface area (Å²) in [6, 6.07) is 0.790. The molecule has 1 N–H and O–H groups in total. The molecule has 0 aromatic rings. The molecule has 1 fully saturated rings. The molecule has 12 heavy (non-hydrogen) atoms. The molecular formula is C11H23N. The summed E-state index contributed by atoms with van der Waals surface area (Å²) in [7, 11) is 2.10. The molecule has 0 radical (unpaired) electrons.